The van der Waals surface area contributed by atoms with Gasteiger partial charge in [0.1, 0.15) is 17.1 Å². The number of benzene rings is 1. The van der Waals surface area contributed by atoms with Gasteiger partial charge in [0.25, 0.3) is 0 Å². The standard InChI is InChI=1S/C20H23N7O2/c1-11-7-12-8-15(5-6-17(12)29-11)27-18-16(25-26-27)10-22-19(24-18)23-14-4-3-13(9-14)20(2,21)28/h5-8,10,13-14,28H,3-4,9,21H2,1-2H3,(H,22,23,24). The van der Waals surface area contributed by atoms with Crippen LogP contribution in [0.1, 0.15) is 31.9 Å². The van der Waals surface area contributed by atoms with Crippen LogP contribution in [0.4, 0.5) is 5.95 Å². The van der Waals surface area contributed by atoms with Crippen LogP contribution in [0.25, 0.3) is 27.8 Å². The first kappa shape index (κ1) is 18.0. The fraction of sp³-hybridized carbons (Fsp3) is 0.400. The monoisotopic (exact) mass is 393 g/mol. The van der Waals surface area contributed by atoms with E-state index in [2.05, 4.69) is 25.6 Å². The molecule has 3 atom stereocenters. The number of fused-ring (bicyclic) bond motifs is 2. The molecule has 29 heavy (non-hydrogen) atoms. The lowest BCUT2D eigenvalue weighted by Crippen LogP contribution is -2.43. The van der Waals surface area contributed by atoms with Gasteiger partial charge in [-0.3, -0.25) is 0 Å². The van der Waals surface area contributed by atoms with Gasteiger partial charge in [-0.1, -0.05) is 5.21 Å². The molecule has 9 nitrogen and oxygen atoms in total. The average molecular weight is 393 g/mol. The minimum Gasteiger partial charge on any atom is -0.461 e. The van der Waals surface area contributed by atoms with Crippen LogP contribution in [0.5, 0.6) is 0 Å². The largest absolute Gasteiger partial charge is 0.461 e. The molecule has 1 aliphatic carbocycles. The van der Waals surface area contributed by atoms with Crippen LogP contribution in [-0.2, 0) is 0 Å². The van der Waals surface area contributed by atoms with Crippen LogP contribution < -0.4 is 11.1 Å². The fourth-order valence-electron chi connectivity index (χ4n) is 4.09. The summed E-state index contributed by atoms with van der Waals surface area (Å²) in [6.07, 6.45) is 4.22. The highest BCUT2D eigenvalue weighted by atomic mass is 16.3. The van der Waals surface area contributed by atoms with Crippen molar-refractivity contribution in [2.24, 2.45) is 11.7 Å². The molecule has 0 bridgehead atoms. The zero-order valence-electron chi connectivity index (χ0n) is 16.3. The molecule has 0 amide bonds. The number of nitrogens with two attached hydrogens (primary N) is 1. The lowest BCUT2D eigenvalue weighted by atomic mass is 9.96. The summed E-state index contributed by atoms with van der Waals surface area (Å²) in [5.74, 6) is 1.44. The third-order valence-electron chi connectivity index (χ3n) is 5.65. The first-order chi connectivity index (χ1) is 13.9. The Hall–Kier alpha value is -3.04. The van der Waals surface area contributed by atoms with E-state index in [4.69, 9.17) is 10.2 Å². The molecule has 0 spiro atoms. The van der Waals surface area contributed by atoms with E-state index in [9.17, 15) is 5.11 Å². The number of aliphatic hydroxyl groups is 1. The number of nitrogens with one attached hydrogen (secondary N) is 1. The first-order valence-corrected chi connectivity index (χ1v) is 9.73. The van der Waals surface area contributed by atoms with E-state index in [1.165, 1.54) is 0 Å². The van der Waals surface area contributed by atoms with E-state index in [0.717, 1.165) is 41.7 Å². The predicted molar refractivity (Wildman–Crippen MR) is 109 cm³/mol. The van der Waals surface area contributed by atoms with Crippen LogP contribution in [0, 0.1) is 12.8 Å². The molecule has 1 fully saturated rings. The summed E-state index contributed by atoms with van der Waals surface area (Å²) in [6.45, 7) is 3.58. The molecule has 4 aromatic rings. The van der Waals surface area contributed by atoms with E-state index in [1.54, 1.807) is 17.8 Å². The second kappa shape index (κ2) is 6.50. The third-order valence-corrected chi connectivity index (χ3v) is 5.65. The van der Waals surface area contributed by atoms with E-state index >= 15 is 0 Å². The van der Waals surface area contributed by atoms with Crippen LogP contribution >= 0.6 is 0 Å². The Kier molecular flexibility index (Phi) is 4.04. The van der Waals surface area contributed by atoms with Crippen LogP contribution in [0.3, 0.4) is 0 Å². The third kappa shape index (κ3) is 3.32. The van der Waals surface area contributed by atoms with Gasteiger partial charge >= 0.3 is 0 Å². The highest BCUT2D eigenvalue weighted by molar-refractivity contribution is 5.81. The normalized spacial score (nSPS) is 21.7. The molecule has 0 aliphatic heterocycles. The molecule has 5 rings (SSSR count). The van der Waals surface area contributed by atoms with E-state index in [1.807, 2.05) is 31.2 Å². The summed E-state index contributed by atoms with van der Waals surface area (Å²) in [5, 5.41) is 22.8. The zero-order valence-corrected chi connectivity index (χ0v) is 16.3. The van der Waals surface area contributed by atoms with E-state index in [0.29, 0.717) is 17.1 Å². The Morgan fingerprint density at radius 2 is 2.17 bits per heavy atom. The molecule has 3 aromatic heterocycles. The zero-order chi connectivity index (χ0) is 20.2. The number of aromatic nitrogens is 5. The van der Waals surface area contributed by atoms with Gasteiger partial charge in [0.05, 0.1) is 11.9 Å². The van der Waals surface area contributed by atoms with Crippen molar-refractivity contribution in [2.75, 3.05) is 5.32 Å². The summed E-state index contributed by atoms with van der Waals surface area (Å²) in [5.41, 5.74) is 7.62. The van der Waals surface area contributed by atoms with Gasteiger partial charge < -0.3 is 20.6 Å². The van der Waals surface area contributed by atoms with Gasteiger partial charge in [-0.2, -0.15) is 9.67 Å². The number of nitrogens with zero attached hydrogens (tertiary/aromatic N) is 5. The SMILES string of the molecule is Cc1cc2cc(-n3nnc4cnc(NC5CCC(C(C)(N)O)C5)nc43)ccc2o1. The highest BCUT2D eigenvalue weighted by Gasteiger charge is 2.35. The molecule has 3 heterocycles. The van der Waals surface area contributed by atoms with Gasteiger partial charge in [0.15, 0.2) is 11.2 Å². The summed E-state index contributed by atoms with van der Waals surface area (Å²) in [7, 11) is 0. The van der Waals surface area contributed by atoms with Crippen LogP contribution in [-0.4, -0.2) is 41.8 Å². The molecular formula is C20H23N7O2. The fourth-order valence-corrected chi connectivity index (χ4v) is 4.09. The summed E-state index contributed by atoms with van der Waals surface area (Å²) in [4.78, 5) is 9.02. The van der Waals surface area contributed by atoms with Crippen molar-refractivity contribution in [2.45, 2.75) is 44.9 Å². The number of anilines is 1. The Morgan fingerprint density at radius 1 is 1.31 bits per heavy atom. The lowest BCUT2D eigenvalue weighted by Gasteiger charge is -2.25. The maximum atomic E-state index is 10.0. The van der Waals surface area contributed by atoms with Crippen molar-refractivity contribution in [3.8, 4) is 5.69 Å². The maximum Gasteiger partial charge on any atom is 0.225 e. The molecule has 1 saturated carbocycles. The Bertz CT molecular complexity index is 1190. The van der Waals surface area contributed by atoms with Gasteiger partial charge in [0, 0.05) is 17.3 Å². The number of hydrogen-bond acceptors (Lipinski definition) is 8. The average Bonchev–Trinajstić information content (AvgIpc) is 3.37. The van der Waals surface area contributed by atoms with Crippen LogP contribution in [0.2, 0.25) is 0 Å². The van der Waals surface area contributed by atoms with E-state index in [-0.39, 0.29) is 12.0 Å². The summed E-state index contributed by atoms with van der Waals surface area (Å²) < 4.78 is 7.35. The van der Waals surface area contributed by atoms with Crippen molar-refractivity contribution in [3.05, 3.63) is 36.2 Å². The molecule has 9 heteroatoms. The highest BCUT2D eigenvalue weighted by Crippen LogP contribution is 2.33. The minimum atomic E-state index is -1.16. The van der Waals surface area contributed by atoms with Gasteiger partial charge in [-0.15, -0.1) is 5.10 Å². The molecule has 4 N–H and O–H groups in total. The molecule has 3 unspecified atom stereocenters. The molecular weight excluding hydrogens is 370 g/mol. The van der Waals surface area contributed by atoms with E-state index < -0.39 is 5.72 Å². The molecule has 1 aromatic carbocycles. The molecule has 0 radical (unpaired) electrons. The van der Waals surface area contributed by atoms with Crippen molar-refractivity contribution in [3.63, 3.8) is 0 Å². The number of hydrogen-bond donors (Lipinski definition) is 3. The lowest BCUT2D eigenvalue weighted by molar-refractivity contribution is 0.00742. The Morgan fingerprint density at radius 3 is 2.97 bits per heavy atom. The van der Waals surface area contributed by atoms with Crippen molar-refractivity contribution < 1.29 is 9.52 Å². The second-order valence-electron chi connectivity index (χ2n) is 8.06. The summed E-state index contributed by atoms with van der Waals surface area (Å²) in [6, 6.07) is 8.01. The predicted octanol–water partition coefficient (Wildman–Crippen LogP) is 2.51. The van der Waals surface area contributed by atoms with Gasteiger partial charge in [0.2, 0.25) is 5.95 Å². The van der Waals surface area contributed by atoms with Gasteiger partial charge in [-0.25, -0.2) is 4.98 Å². The molecule has 0 saturated heterocycles. The number of aryl methyl sites for hydroxylation is 1. The first-order valence-electron chi connectivity index (χ1n) is 9.73. The second-order valence-corrected chi connectivity index (χ2v) is 8.06. The molecule has 1 aliphatic rings. The number of rotatable bonds is 4. The topological polar surface area (TPSA) is 128 Å². The Labute approximate surface area is 166 Å². The van der Waals surface area contributed by atoms with Crippen molar-refractivity contribution >= 4 is 28.1 Å². The van der Waals surface area contributed by atoms with Gasteiger partial charge in [-0.05, 0) is 57.4 Å². The maximum absolute atomic E-state index is 10.0. The summed E-state index contributed by atoms with van der Waals surface area (Å²) >= 11 is 0. The quantitative estimate of drug-likeness (QED) is 0.451. The smallest absolute Gasteiger partial charge is 0.225 e. The minimum absolute atomic E-state index is 0.0565. The molecule has 150 valence electrons. The Balaban J connectivity index is 1.44. The van der Waals surface area contributed by atoms with Crippen molar-refractivity contribution in [1.29, 1.82) is 0 Å². The van der Waals surface area contributed by atoms with Crippen molar-refractivity contribution in [1.82, 2.24) is 25.0 Å². The van der Waals surface area contributed by atoms with Crippen LogP contribution in [0.15, 0.2) is 34.9 Å². The number of furan rings is 1.